The molecule has 1 aromatic carbocycles. The Morgan fingerprint density at radius 1 is 1.46 bits per heavy atom. The van der Waals surface area contributed by atoms with Gasteiger partial charge in [0.1, 0.15) is 0 Å². The highest BCUT2D eigenvalue weighted by Gasteiger charge is 2.05. The highest BCUT2D eigenvalue weighted by molar-refractivity contribution is 14.1. The van der Waals surface area contributed by atoms with Gasteiger partial charge in [-0.05, 0) is 52.6 Å². The van der Waals surface area contributed by atoms with Gasteiger partial charge in [0.05, 0.1) is 28.6 Å². The molecule has 0 saturated carbocycles. The molecule has 1 atom stereocenters. The highest BCUT2D eigenvalue weighted by atomic mass is 127. The second kappa shape index (κ2) is 5.38. The second-order valence-corrected chi connectivity index (χ2v) is 4.84. The number of nitrogens with one attached hydrogen (secondary N) is 1. The Bertz CT molecular complexity index is 286. The van der Waals surface area contributed by atoms with Crippen molar-refractivity contribution in [1.82, 2.24) is 0 Å². The topological polar surface area (TPSA) is 12.0 Å². The predicted molar refractivity (Wildman–Crippen MR) is 75.5 cm³/mol. The molecule has 0 aliphatic heterocycles. The minimum atomic E-state index is 0.664. The van der Waals surface area contributed by atoms with Gasteiger partial charge in [-0.3, -0.25) is 0 Å². The lowest BCUT2D eigenvalue weighted by molar-refractivity contribution is 0.733. The summed E-state index contributed by atoms with van der Waals surface area (Å²) in [7, 11) is 0. The van der Waals surface area contributed by atoms with Gasteiger partial charge in [0.2, 0.25) is 0 Å². The van der Waals surface area contributed by atoms with Crippen LogP contribution < -0.4 is 3.53 Å². The molecule has 0 aliphatic rings. The predicted octanol–water partition coefficient (Wildman–Crippen LogP) is 4.57. The summed E-state index contributed by atoms with van der Waals surface area (Å²) in [4.78, 5) is 0. The number of anilines is 1. The number of rotatable bonds is 3. The van der Waals surface area contributed by atoms with Crippen LogP contribution in [0.2, 0.25) is 0 Å². The number of hydrogen-bond acceptors (Lipinski definition) is 1. The molecule has 3 heteroatoms. The average molecular weight is 401 g/mol. The van der Waals surface area contributed by atoms with E-state index >= 15 is 0 Å². The molecule has 72 valence electrons. The third-order valence-corrected chi connectivity index (χ3v) is 3.75. The Morgan fingerprint density at radius 3 is 2.62 bits per heavy atom. The fourth-order valence-electron chi connectivity index (χ4n) is 1.15. The summed E-state index contributed by atoms with van der Waals surface area (Å²) in [5.41, 5.74) is 2.63. The van der Waals surface area contributed by atoms with Crippen LogP contribution in [-0.2, 0) is 0 Å². The standard InChI is InChI=1S/C10H13I2N/c1-3-7(2)8-4-5-10(13-12)9(11)6-8/h4-7,13H,3H2,1-2H3. The van der Waals surface area contributed by atoms with Gasteiger partial charge >= 0.3 is 0 Å². The molecule has 1 unspecified atom stereocenters. The summed E-state index contributed by atoms with van der Waals surface area (Å²) in [6.07, 6.45) is 1.20. The molecule has 0 saturated heterocycles. The summed E-state index contributed by atoms with van der Waals surface area (Å²) in [5.74, 6) is 0.664. The maximum Gasteiger partial charge on any atom is 0.0562 e. The lowest BCUT2D eigenvalue weighted by Gasteiger charge is -2.11. The minimum absolute atomic E-state index is 0.664. The zero-order valence-corrected chi connectivity index (χ0v) is 12.1. The van der Waals surface area contributed by atoms with Crippen LogP contribution in [0.3, 0.4) is 0 Å². The van der Waals surface area contributed by atoms with E-state index in [1.54, 1.807) is 0 Å². The van der Waals surface area contributed by atoms with Gasteiger partial charge in [-0.2, -0.15) is 0 Å². The molecule has 1 rings (SSSR count). The van der Waals surface area contributed by atoms with Crippen LogP contribution in [0, 0.1) is 3.57 Å². The van der Waals surface area contributed by atoms with E-state index in [-0.39, 0.29) is 0 Å². The lowest BCUT2D eigenvalue weighted by Crippen LogP contribution is -1.93. The zero-order valence-electron chi connectivity index (χ0n) is 7.77. The van der Waals surface area contributed by atoms with Gasteiger partial charge in [0.25, 0.3) is 0 Å². The fourth-order valence-corrected chi connectivity index (χ4v) is 2.81. The molecule has 0 aliphatic carbocycles. The van der Waals surface area contributed by atoms with Crippen molar-refractivity contribution in [3.8, 4) is 0 Å². The zero-order chi connectivity index (χ0) is 9.84. The minimum Gasteiger partial charge on any atom is -0.327 e. The van der Waals surface area contributed by atoms with Crippen molar-refractivity contribution in [3.05, 3.63) is 27.3 Å². The third kappa shape index (κ3) is 2.97. The molecule has 0 radical (unpaired) electrons. The van der Waals surface area contributed by atoms with Crippen molar-refractivity contribution in [2.24, 2.45) is 0 Å². The Balaban J connectivity index is 2.95. The van der Waals surface area contributed by atoms with Gasteiger partial charge < -0.3 is 3.53 Å². The molecule has 0 fully saturated rings. The Morgan fingerprint density at radius 2 is 2.15 bits per heavy atom. The molecule has 0 bridgehead atoms. The third-order valence-electron chi connectivity index (χ3n) is 2.28. The smallest absolute Gasteiger partial charge is 0.0562 e. The molecule has 0 spiro atoms. The van der Waals surface area contributed by atoms with E-state index in [1.807, 2.05) is 0 Å². The second-order valence-electron chi connectivity index (χ2n) is 3.14. The van der Waals surface area contributed by atoms with Crippen LogP contribution in [-0.4, -0.2) is 0 Å². The molecule has 0 heterocycles. The molecule has 0 amide bonds. The highest BCUT2D eigenvalue weighted by Crippen LogP contribution is 2.26. The van der Waals surface area contributed by atoms with Crippen molar-refractivity contribution in [3.63, 3.8) is 0 Å². The normalized spacial score (nSPS) is 12.6. The Hall–Kier alpha value is 0.480. The van der Waals surface area contributed by atoms with Crippen LogP contribution in [0.25, 0.3) is 0 Å². The molecule has 1 nitrogen and oxygen atoms in total. The SMILES string of the molecule is CCC(C)c1ccc(NI)c(I)c1. The molecule has 1 N–H and O–H groups in total. The van der Waals surface area contributed by atoms with Crippen molar-refractivity contribution >= 4 is 51.1 Å². The lowest BCUT2D eigenvalue weighted by atomic mass is 9.99. The first-order valence-corrected chi connectivity index (χ1v) is 6.50. The monoisotopic (exact) mass is 401 g/mol. The fraction of sp³-hybridized carbons (Fsp3) is 0.400. The first-order chi connectivity index (χ1) is 6.19. The van der Waals surface area contributed by atoms with Gasteiger partial charge in [0.15, 0.2) is 0 Å². The van der Waals surface area contributed by atoms with Crippen LogP contribution in [0.5, 0.6) is 0 Å². The van der Waals surface area contributed by atoms with E-state index in [1.165, 1.54) is 21.2 Å². The van der Waals surface area contributed by atoms with Crippen LogP contribution in [0.1, 0.15) is 31.7 Å². The number of benzene rings is 1. The van der Waals surface area contributed by atoms with Crippen molar-refractivity contribution in [2.75, 3.05) is 3.53 Å². The van der Waals surface area contributed by atoms with Crippen molar-refractivity contribution < 1.29 is 0 Å². The first kappa shape index (κ1) is 11.6. The van der Waals surface area contributed by atoms with Crippen LogP contribution in [0.4, 0.5) is 5.69 Å². The summed E-state index contributed by atoms with van der Waals surface area (Å²) in [6, 6.07) is 6.61. The van der Waals surface area contributed by atoms with E-state index in [0.29, 0.717) is 5.92 Å². The summed E-state index contributed by atoms with van der Waals surface area (Å²) in [6.45, 7) is 4.49. The number of hydrogen-bond donors (Lipinski definition) is 1. The maximum absolute atomic E-state index is 3.14. The van der Waals surface area contributed by atoms with E-state index in [2.05, 4.69) is 81.0 Å². The van der Waals surface area contributed by atoms with Gasteiger partial charge in [-0.15, -0.1) is 0 Å². The average Bonchev–Trinajstić information content (AvgIpc) is 2.16. The Labute approximate surface area is 107 Å². The molecule has 1 aromatic rings. The molecular formula is C10H13I2N. The van der Waals surface area contributed by atoms with E-state index in [0.717, 1.165) is 0 Å². The summed E-state index contributed by atoms with van der Waals surface area (Å²) >= 11 is 4.53. The van der Waals surface area contributed by atoms with Gasteiger partial charge in [-0.25, -0.2) is 0 Å². The van der Waals surface area contributed by atoms with E-state index in [9.17, 15) is 0 Å². The van der Waals surface area contributed by atoms with Crippen molar-refractivity contribution in [1.29, 1.82) is 0 Å². The molecule has 0 aromatic heterocycles. The summed E-state index contributed by atoms with van der Waals surface area (Å²) < 4.78 is 4.44. The number of halogens is 2. The van der Waals surface area contributed by atoms with E-state index in [4.69, 9.17) is 0 Å². The quantitative estimate of drug-likeness (QED) is 0.579. The molecular weight excluding hydrogens is 388 g/mol. The molecule has 13 heavy (non-hydrogen) atoms. The maximum atomic E-state index is 3.14. The first-order valence-electron chi connectivity index (χ1n) is 4.35. The van der Waals surface area contributed by atoms with Crippen molar-refractivity contribution in [2.45, 2.75) is 26.2 Å². The van der Waals surface area contributed by atoms with Crippen LogP contribution >= 0.6 is 45.5 Å². The van der Waals surface area contributed by atoms with Gasteiger partial charge in [-0.1, -0.05) is 19.9 Å². The van der Waals surface area contributed by atoms with Crippen LogP contribution in [0.15, 0.2) is 18.2 Å². The Kier molecular flexibility index (Phi) is 4.78. The summed E-state index contributed by atoms with van der Waals surface area (Å²) in [5, 5.41) is 0. The van der Waals surface area contributed by atoms with E-state index < -0.39 is 0 Å². The van der Waals surface area contributed by atoms with Gasteiger partial charge in [0, 0.05) is 3.57 Å². The largest absolute Gasteiger partial charge is 0.327 e.